The first-order chi connectivity index (χ1) is 6.38. The van der Waals surface area contributed by atoms with Crippen LogP contribution in [-0.2, 0) is 4.74 Å². The molecule has 0 spiro atoms. The Morgan fingerprint density at radius 3 is 2.92 bits per heavy atom. The lowest BCUT2D eigenvalue weighted by Gasteiger charge is -2.31. The molecule has 0 aromatic carbocycles. The van der Waals surface area contributed by atoms with Crippen molar-refractivity contribution >= 4 is 0 Å². The SMILES string of the molecule is C#CCCOC1CCCCC1NC. The van der Waals surface area contributed by atoms with E-state index in [-0.39, 0.29) is 0 Å². The highest BCUT2D eigenvalue weighted by Gasteiger charge is 2.23. The molecule has 0 bridgehead atoms. The zero-order valence-electron chi connectivity index (χ0n) is 8.38. The standard InChI is InChI=1S/C11H19NO/c1-3-4-9-13-11-8-6-5-7-10(11)12-2/h1,10-12H,4-9H2,2H3. The third kappa shape index (κ3) is 3.38. The van der Waals surface area contributed by atoms with Gasteiger partial charge in [0.2, 0.25) is 0 Å². The minimum atomic E-state index is 0.382. The van der Waals surface area contributed by atoms with Crippen molar-refractivity contribution in [2.75, 3.05) is 13.7 Å². The third-order valence-electron chi connectivity index (χ3n) is 2.65. The second-order valence-electron chi connectivity index (χ2n) is 3.54. The molecular formula is C11H19NO. The van der Waals surface area contributed by atoms with E-state index in [4.69, 9.17) is 11.2 Å². The van der Waals surface area contributed by atoms with Crippen LogP contribution in [0.2, 0.25) is 0 Å². The van der Waals surface area contributed by atoms with E-state index in [2.05, 4.69) is 11.2 Å². The Labute approximate surface area is 81.0 Å². The fraction of sp³-hybridized carbons (Fsp3) is 0.818. The van der Waals surface area contributed by atoms with Gasteiger partial charge in [-0.1, -0.05) is 12.8 Å². The van der Waals surface area contributed by atoms with Crippen LogP contribution in [0.4, 0.5) is 0 Å². The van der Waals surface area contributed by atoms with Crippen molar-refractivity contribution in [1.82, 2.24) is 5.32 Å². The Hall–Kier alpha value is -0.520. The summed E-state index contributed by atoms with van der Waals surface area (Å²) in [6, 6.07) is 0.534. The molecule has 0 heterocycles. The maximum absolute atomic E-state index is 5.72. The molecule has 2 heteroatoms. The lowest BCUT2D eigenvalue weighted by Crippen LogP contribution is -2.41. The van der Waals surface area contributed by atoms with E-state index in [0.717, 1.165) is 6.42 Å². The minimum Gasteiger partial charge on any atom is -0.376 e. The van der Waals surface area contributed by atoms with Crippen LogP contribution in [0.3, 0.4) is 0 Å². The van der Waals surface area contributed by atoms with E-state index in [0.29, 0.717) is 18.8 Å². The molecule has 13 heavy (non-hydrogen) atoms. The summed E-state index contributed by atoms with van der Waals surface area (Å²) in [5.74, 6) is 2.59. The van der Waals surface area contributed by atoms with Gasteiger partial charge in [-0.25, -0.2) is 0 Å². The first-order valence-corrected chi connectivity index (χ1v) is 5.11. The van der Waals surface area contributed by atoms with Crippen molar-refractivity contribution in [2.24, 2.45) is 0 Å². The number of hydrogen-bond donors (Lipinski definition) is 1. The van der Waals surface area contributed by atoms with Gasteiger partial charge in [-0.15, -0.1) is 12.3 Å². The predicted molar refractivity (Wildman–Crippen MR) is 54.5 cm³/mol. The largest absolute Gasteiger partial charge is 0.376 e. The van der Waals surface area contributed by atoms with E-state index in [1.54, 1.807) is 0 Å². The number of likely N-dealkylation sites (N-methyl/N-ethyl adjacent to an activating group) is 1. The van der Waals surface area contributed by atoms with Crippen LogP contribution in [0, 0.1) is 12.3 Å². The molecular weight excluding hydrogens is 162 g/mol. The Balaban J connectivity index is 2.24. The summed E-state index contributed by atoms with van der Waals surface area (Å²) in [6.07, 6.45) is 11.3. The molecule has 0 amide bonds. The van der Waals surface area contributed by atoms with Crippen molar-refractivity contribution in [3.63, 3.8) is 0 Å². The van der Waals surface area contributed by atoms with Gasteiger partial charge in [0.15, 0.2) is 0 Å². The average molecular weight is 181 g/mol. The molecule has 74 valence electrons. The minimum absolute atomic E-state index is 0.382. The normalized spacial score (nSPS) is 28.3. The summed E-state index contributed by atoms with van der Waals surface area (Å²) >= 11 is 0. The van der Waals surface area contributed by atoms with Gasteiger partial charge in [-0.2, -0.15) is 0 Å². The molecule has 1 N–H and O–H groups in total. The van der Waals surface area contributed by atoms with Gasteiger partial charge in [0.05, 0.1) is 12.7 Å². The van der Waals surface area contributed by atoms with Gasteiger partial charge < -0.3 is 10.1 Å². The zero-order chi connectivity index (χ0) is 9.52. The number of rotatable bonds is 4. The molecule has 2 unspecified atom stereocenters. The van der Waals surface area contributed by atoms with Crippen LogP contribution >= 0.6 is 0 Å². The molecule has 1 fully saturated rings. The number of hydrogen-bond acceptors (Lipinski definition) is 2. The number of ether oxygens (including phenoxy) is 1. The van der Waals surface area contributed by atoms with Gasteiger partial charge in [0.1, 0.15) is 0 Å². The highest BCUT2D eigenvalue weighted by atomic mass is 16.5. The maximum Gasteiger partial charge on any atom is 0.0728 e. The molecule has 0 aromatic heterocycles. The van der Waals surface area contributed by atoms with E-state index < -0.39 is 0 Å². The summed E-state index contributed by atoms with van der Waals surface area (Å²) in [7, 11) is 2.01. The summed E-state index contributed by atoms with van der Waals surface area (Å²) in [5.41, 5.74) is 0. The summed E-state index contributed by atoms with van der Waals surface area (Å²) in [4.78, 5) is 0. The third-order valence-corrected chi connectivity index (χ3v) is 2.65. The van der Waals surface area contributed by atoms with Crippen molar-refractivity contribution in [3.8, 4) is 12.3 Å². The van der Waals surface area contributed by atoms with E-state index in [1.807, 2.05) is 7.05 Å². The van der Waals surface area contributed by atoms with Crippen LogP contribution in [0.1, 0.15) is 32.1 Å². The molecule has 0 saturated heterocycles. The van der Waals surface area contributed by atoms with Crippen LogP contribution < -0.4 is 5.32 Å². The highest BCUT2D eigenvalue weighted by Crippen LogP contribution is 2.20. The van der Waals surface area contributed by atoms with E-state index in [1.165, 1.54) is 25.7 Å². The van der Waals surface area contributed by atoms with Gasteiger partial charge in [-0.05, 0) is 19.9 Å². The van der Waals surface area contributed by atoms with E-state index >= 15 is 0 Å². The van der Waals surface area contributed by atoms with Crippen molar-refractivity contribution < 1.29 is 4.74 Å². The quantitative estimate of drug-likeness (QED) is 0.525. The highest BCUT2D eigenvalue weighted by molar-refractivity contribution is 4.84. The molecule has 0 radical (unpaired) electrons. The van der Waals surface area contributed by atoms with Gasteiger partial charge in [-0.3, -0.25) is 0 Å². The van der Waals surface area contributed by atoms with E-state index in [9.17, 15) is 0 Å². The fourth-order valence-electron chi connectivity index (χ4n) is 1.90. The van der Waals surface area contributed by atoms with Crippen LogP contribution in [0.25, 0.3) is 0 Å². The molecule has 0 aliphatic heterocycles. The second-order valence-corrected chi connectivity index (χ2v) is 3.54. The van der Waals surface area contributed by atoms with Crippen molar-refractivity contribution in [3.05, 3.63) is 0 Å². The second kappa shape index (κ2) is 6.01. The lowest BCUT2D eigenvalue weighted by molar-refractivity contribution is 0.0102. The summed E-state index contributed by atoms with van der Waals surface area (Å²) in [6.45, 7) is 0.708. The first kappa shape index (κ1) is 10.6. The molecule has 2 atom stereocenters. The molecule has 1 saturated carbocycles. The van der Waals surface area contributed by atoms with Crippen LogP contribution in [0.5, 0.6) is 0 Å². The summed E-state index contributed by atoms with van der Waals surface area (Å²) < 4.78 is 5.72. The Bertz CT molecular complexity index is 173. The number of nitrogens with one attached hydrogen (secondary N) is 1. The molecule has 0 aromatic rings. The smallest absolute Gasteiger partial charge is 0.0728 e. The van der Waals surface area contributed by atoms with Gasteiger partial charge >= 0.3 is 0 Å². The monoisotopic (exact) mass is 181 g/mol. The zero-order valence-corrected chi connectivity index (χ0v) is 8.38. The topological polar surface area (TPSA) is 21.3 Å². The molecule has 2 nitrogen and oxygen atoms in total. The fourth-order valence-corrected chi connectivity index (χ4v) is 1.90. The van der Waals surface area contributed by atoms with Crippen LogP contribution in [-0.4, -0.2) is 25.8 Å². The van der Waals surface area contributed by atoms with Crippen molar-refractivity contribution in [2.45, 2.75) is 44.2 Å². The average Bonchev–Trinajstić information content (AvgIpc) is 2.19. The van der Waals surface area contributed by atoms with Gasteiger partial charge in [0, 0.05) is 12.5 Å². The molecule has 1 rings (SSSR count). The number of terminal acetylenes is 1. The molecule has 1 aliphatic carbocycles. The van der Waals surface area contributed by atoms with Gasteiger partial charge in [0.25, 0.3) is 0 Å². The molecule has 1 aliphatic rings. The Kier molecular flexibility index (Phi) is 4.88. The predicted octanol–water partition coefficient (Wildman–Crippen LogP) is 1.56. The lowest BCUT2D eigenvalue weighted by atomic mass is 9.92. The van der Waals surface area contributed by atoms with Crippen molar-refractivity contribution in [1.29, 1.82) is 0 Å². The van der Waals surface area contributed by atoms with Crippen LogP contribution in [0.15, 0.2) is 0 Å². The Morgan fingerprint density at radius 2 is 2.23 bits per heavy atom. The first-order valence-electron chi connectivity index (χ1n) is 5.11. The summed E-state index contributed by atoms with van der Waals surface area (Å²) in [5, 5.41) is 3.30. The Morgan fingerprint density at radius 1 is 1.46 bits per heavy atom. The maximum atomic E-state index is 5.72.